The summed E-state index contributed by atoms with van der Waals surface area (Å²) in [6.07, 6.45) is -0.234. The van der Waals surface area contributed by atoms with Gasteiger partial charge in [-0.3, -0.25) is 0 Å². The highest BCUT2D eigenvalue weighted by Crippen LogP contribution is 2.32. The Bertz CT molecular complexity index is 584. The monoisotopic (exact) mass is 353 g/mol. The van der Waals surface area contributed by atoms with Gasteiger partial charge in [0.25, 0.3) is 0 Å². The smallest absolute Gasteiger partial charge is 0.140 e. The van der Waals surface area contributed by atoms with Crippen LogP contribution in [0.1, 0.15) is 24.2 Å². The number of halogens is 2. The highest BCUT2D eigenvalue weighted by atomic mass is 79.9. The van der Waals surface area contributed by atoms with Gasteiger partial charge in [-0.15, -0.1) is 0 Å². The van der Waals surface area contributed by atoms with Crippen molar-refractivity contribution in [3.05, 3.63) is 63.1 Å². The van der Waals surface area contributed by atoms with Crippen LogP contribution < -0.4 is 10.5 Å². The van der Waals surface area contributed by atoms with Crippen LogP contribution in [0.25, 0.3) is 0 Å². The Morgan fingerprint density at radius 3 is 2.40 bits per heavy atom. The van der Waals surface area contributed by atoms with E-state index in [0.717, 1.165) is 10.0 Å². The molecule has 0 bridgehead atoms. The Morgan fingerprint density at radius 1 is 1.15 bits per heavy atom. The summed E-state index contributed by atoms with van der Waals surface area (Å²) in [6, 6.07) is 13.6. The van der Waals surface area contributed by atoms with Gasteiger partial charge in [-0.05, 0) is 37.6 Å². The number of nitrogens with two attached hydrogens (primary N) is 1. The fourth-order valence-corrected chi connectivity index (χ4v) is 2.44. The number of benzene rings is 2. The molecule has 0 fully saturated rings. The normalized spacial score (nSPS) is 13.8. The van der Waals surface area contributed by atoms with Crippen LogP contribution in [0, 0.1) is 6.92 Å². The Balaban J connectivity index is 2.30. The third kappa shape index (κ3) is 3.75. The van der Waals surface area contributed by atoms with Crippen LogP contribution in [0.3, 0.4) is 0 Å². The fraction of sp³-hybridized carbons (Fsp3) is 0.250. The first kappa shape index (κ1) is 15.4. The number of hydrogen-bond acceptors (Lipinski definition) is 2. The second-order valence-electron chi connectivity index (χ2n) is 4.88. The van der Waals surface area contributed by atoms with Crippen LogP contribution in [0.15, 0.2) is 46.9 Å². The van der Waals surface area contributed by atoms with Crippen LogP contribution in [0.2, 0.25) is 5.02 Å². The lowest BCUT2D eigenvalue weighted by molar-refractivity contribution is 0.180. The van der Waals surface area contributed by atoms with Crippen molar-refractivity contribution in [3.63, 3.8) is 0 Å². The van der Waals surface area contributed by atoms with Crippen molar-refractivity contribution in [2.24, 2.45) is 5.73 Å². The minimum atomic E-state index is -0.234. The second-order valence-corrected chi connectivity index (χ2v) is 6.21. The zero-order valence-corrected chi connectivity index (χ0v) is 13.8. The molecule has 2 N–H and O–H groups in total. The SMILES string of the molecule is Cc1ccc(C(Oc2cc(Br)ccc2Cl)C(C)N)cc1. The molecule has 2 aromatic carbocycles. The molecule has 0 aliphatic rings. The summed E-state index contributed by atoms with van der Waals surface area (Å²) < 4.78 is 6.95. The zero-order chi connectivity index (χ0) is 14.7. The number of rotatable bonds is 4. The zero-order valence-electron chi connectivity index (χ0n) is 11.4. The Morgan fingerprint density at radius 2 is 1.80 bits per heavy atom. The average molecular weight is 355 g/mol. The molecular formula is C16H17BrClNO. The molecule has 0 heterocycles. The quantitative estimate of drug-likeness (QED) is 0.849. The highest BCUT2D eigenvalue weighted by molar-refractivity contribution is 9.10. The summed E-state index contributed by atoms with van der Waals surface area (Å²) in [5.41, 5.74) is 8.31. The second kappa shape index (κ2) is 6.61. The number of ether oxygens (including phenoxy) is 1. The van der Waals surface area contributed by atoms with E-state index in [-0.39, 0.29) is 12.1 Å². The van der Waals surface area contributed by atoms with Crippen LogP contribution in [-0.2, 0) is 0 Å². The average Bonchev–Trinajstić information content (AvgIpc) is 2.40. The molecule has 106 valence electrons. The Hall–Kier alpha value is -1.03. The first-order chi connectivity index (χ1) is 9.47. The summed E-state index contributed by atoms with van der Waals surface area (Å²) in [7, 11) is 0. The van der Waals surface area contributed by atoms with E-state index < -0.39 is 0 Å². The lowest BCUT2D eigenvalue weighted by Gasteiger charge is -2.23. The van der Waals surface area contributed by atoms with Crippen molar-refractivity contribution < 1.29 is 4.74 Å². The van der Waals surface area contributed by atoms with E-state index in [9.17, 15) is 0 Å². The van der Waals surface area contributed by atoms with E-state index >= 15 is 0 Å². The van der Waals surface area contributed by atoms with Gasteiger partial charge in [0.05, 0.1) is 5.02 Å². The molecule has 0 aliphatic heterocycles. The van der Waals surface area contributed by atoms with E-state index in [2.05, 4.69) is 35.0 Å². The predicted molar refractivity (Wildman–Crippen MR) is 87.3 cm³/mol. The molecule has 2 rings (SSSR count). The van der Waals surface area contributed by atoms with Gasteiger partial charge in [-0.1, -0.05) is 57.4 Å². The minimum absolute atomic E-state index is 0.146. The number of aryl methyl sites for hydroxylation is 1. The van der Waals surface area contributed by atoms with Gasteiger partial charge in [0.2, 0.25) is 0 Å². The lowest BCUT2D eigenvalue weighted by Crippen LogP contribution is -2.29. The minimum Gasteiger partial charge on any atom is -0.483 e. The summed E-state index contributed by atoms with van der Waals surface area (Å²) >= 11 is 9.59. The molecule has 0 spiro atoms. The molecule has 0 saturated carbocycles. The van der Waals surface area contributed by atoms with Gasteiger partial charge >= 0.3 is 0 Å². The number of hydrogen-bond donors (Lipinski definition) is 1. The van der Waals surface area contributed by atoms with Crippen LogP contribution in [-0.4, -0.2) is 6.04 Å². The van der Waals surface area contributed by atoms with Gasteiger partial charge in [-0.2, -0.15) is 0 Å². The van der Waals surface area contributed by atoms with Crippen LogP contribution in [0.5, 0.6) is 5.75 Å². The maximum absolute atomic E-state index is 6.17. The summed E-state index contributed by atoms with van der Waals surface area (Å²) in [5.74, 6) is 0.629. The van der Waals surface area contributed by atoms with Crippen molar-refractivity contribution in [2.75, 3.05) is 0 Å². The van der Waals surface area contributed by atoms with Gasteiger partial charge in [0, 0.05) is 10.5 Å². The van der Waals surface area contributed by atoms with Crippen molar-refractivity contribution in [1.82, 2.24) is 0 Å². The Kier molecular flexibility index (Phi) is 5.08. The lowest BCUT2D eigenvalue weighted by atomic mass is 10.0. The van der Waals surface area contributed by atoms with Gasteiger partial charge < -0.3 is 10.5 Å². The molecule has 0 aliphatic carbocycles. The maximum atomic E-state index is 6.17. The van der Waals surface area contributed by atoms with Crippen molar-refractivity contribution in [3.8, 4) is 5.75 Å². The molecule has 0 aromatic heterocycles. The first-order valence-corrected chi connectivity index (χ1v) is 7.58. The van der Waals surface area contributed by atoms with Gasteiger partial charge in [0.1, 0.15) is 11.9 Å². The topological polar surface area (TPSA) is 35.2 Å². The maximum Gasteiger partial charge on any atom is 0.140 e. The van der Waals surface area contributed by atoms with Crippen molar-refractivity contribution in [1.29, 1.82) is 0 Å². The molecule has 0 radical (unpaired) electrons. The molecule has 2 unspecified atom stereocenters. The summed E-state index contributed by atoms with van der Waals surface area (Å²) in [5, 5.41) is 0.575. The van der Waals surface area contributed by atoms with E-state index in [0.29, 0.717) is 10.8 Å². The molecule has 4 heteroatoms. The first-order valence-electron chi connectivity index (χ1n) is 6.41. The standard InChI is InChI=1S/C16H17BrClNO/c1-10-3-5-12(6-4-10)16(11(2)19)20-15-9-13(17)7-8-14(15)18/h3-9,11,16H,19H2,1-2H3. The molecule has 2 nitrogen and oxygen atoms in total. The summed E-state index contributed by atoms with van der Waals surface area (Å²) in [4.78, 5) is 0. The van der Waals surface area contributed by atoms with E-state index in [4.69, 9.17) is 22.1 Å². The van der Waals surface area contributed by atoms with Crippen LogP contribution >= 0.6 is 27.5 Å². The molecule has 2 atom stereocenters. The molecule has 2 aromatic rings. The fourth-order valence-electron chi connectivity index (χ4n) is 1.94. The van der Waals surface area contributed by atoms with Crippen molar-refractivity contribution in [2.45, 2.75) is 26.0 Å². The highest BCUT2D eigenvalue weighted by Gasteiger charge is 2.19. The molecule has 0 saturated heterocycles. The molecule has 0 amide bonds. The molecule has 20 heavy (non-hydrogen) atoms. The van der Waals surface area contributed by atoms with E-state index in [1.165, 1.54) is 5.56 Å². The largest absolute Gasteiger partial charge is 0.483 e. The predicted octanol–water partition coefficient (Wildman–Crippen LogP) is 4.88. The molecular weight excluding hydrogens is 338 g/mol. The van der Waals surface area contributed by atoms with Crippen LogP contribution in [0.4, 0.5) is 0 Å². The van der Waals surface area contributed by atoms with E-state index in [1.54, 1.807) is 6.07 Å². The summed E-state index contributed by atoms with van der Waals surface area (Å²) in [6.45, 7) is 3.98. The van der Waals surface area contributed by atoms with E-state index in [1.807, 2.05) is 31.2 Å². The van der Waals surface area contributed by atoms with Gasteiger partial charge in [-0.25, -0.2) is 0 Å². The van der Waals surface area contributed by atoms with Gasteiger partial charge in [0.15, 0.2) is 0 Å². The van der Waals surface area contributed by atoms with Crippen molar-refractivity contribution >= 4 is 27.5 Å². The third-order valence-corrected chi connectivity index (χ3v) is 3.84. The Labute approximate surface area is 133 Å². The third-order valence-electron chi connectivity index (χ3n) is 3.03.